The van der Waals surface area contributed by atoms with Crippen LogP contribution in [0.15, 0.2) is 42.5 Å². The molecular formula is C25H23B2N3O6. The lowest BCUT2D eigenvalue weighted by atomic mass is 9.60. The molecule has 11 heteroatoms. The highest BCUT2D eigenvalue weighted by Gasteiger charge is 2.45. The fourth-order valence-corrected chi connectivity index (χ4v) is 4.70. The highest BCUT2D eigenvalue weighted by molar-refractivity contribution is 6.34. The number of piperidine rings is 1. The molecule has 0 aliphatic carbocycles. The Labute approximate surface area is 210 Å². The van der Waals surface area contributed by atoms with E-state index in [1.54, 1.807) is 23.1 Å². The number of nitrogens with zero attached hydrogens (tertiary/aromatic N) is 2. The molecule has 3 unspecified atom stereocenters. The van der Waals surface area contributed by atoms with Crippen molar-refractivity contribution in [2.75, 3.05) is 19.8 Å². The predicted molar refractivity (Wildman–Crippen MR) is 129 cm³/mol. The summed E-state index contributed by atoms with van der Waals surface area (Å²) in [6, 6.07) is 11.9. The van der Waals surface area contributed by atoms with Gasteiger partial charge in [0.25, 0.3) is 5.91 Å². The molecule has 1 N–H and O–H groups in total. The zero-order chi connectivity index (χ0) is 25.4. The number of benzene rings is 2. The van der Waals surface area contributed by atoms with Crippen molar-refractivity contribution in [2.45, 2.75) is 37.4 Å². The van der Waals surface area contributed by atoms with Crippen LogP contribution in [0, 0.1) is 0 Å². The number of morpholine rings is 1. The van der Waals surface area contributed by atoms with Crippen LogP contribution in [0.5, 0.6) is 5.75 Å². The molecule has 3 heterocycles. The maximum absolute atomic E-state index is 13.1. The standard InChI is InChI=1S/C25H23B2N3O6/c26-20-21(27)23(32)28-24(33)22(20)30-11-17-16(25(30)34)2-1-3-18(17)36-12-15-6-4-14(5-7-15)10-29-8-9-35-13-19(29)31/h1-7,20-22H,8-13H2,(H,28,32,33). The first-order valence-corrected chi connectivity index (χ1v) is 11.7. The molecule has 36 heavy (non-hydrogen) atoms. The molecule has 2 aromatic rings. The second-order valence-corrected chi connectivity index (χ2v) is 9.09. The average Bonchev–Trinajstić information content (AvgIpc) is 3.20. The molecule has 4 radical (unpaired) electrons. The van der Waals surface area contributed by atoms with E-state index in [1.165, 1.54) is 4.90 Å². The Bertz CT molecular complexity index is 1220. The fourth-order valence-electron chi connectivity index (χ4n) is 4.70. The van der Waals surface area contributed by atoms with Crippen LogP contribution in [0.1, 0.15) is 27.0 Å². The molecule has 3 atom stereocenters. The number of ether oxygens (including phenoxy) is 2. The van der Waals surface area contributed by atoms with Gasteiger partial charge in [-0.15, -0.1) is 0 Å². The third-order valence-corrected chi connectivity index (χ3v) is 6.76. The molecule has 0 bridgehead atoms. The minimum Gasteiger partial charge on any atom is -0.489 e. The normalized spacial score (nSPS) is 24.1. The van der Waals surface area contributed by atoms with Gasteiger partial charge in [0.05, 0.1) is 28.8 Å². The number of nitrogens with one attached hydrogen (secondary N) is 1. The molecule has 2 fully saturated rings. The van der Waals surface area contributed by atoms with E-state index in [4.69, 9.17) is 25.2 Å². The van der Waals surface area contributed by atoms with Gasteiger partial charge in [0.2, 0.25) is 17.7 Å². The summed E-state index contributed by atoms with van der Waals surface area (Å²) in [6.07, 6.45) is 0. The van der Waals surface area contributed by atoms with Crippen LogP contribution in [-0.4, -0.2) is 74.9 Å². The van der Waals surface area contributed by atoms with Crippen molar-refractivity contribution >= 4 is 39.3 Å². The monoisotopic (exact) mass is 483 g/mol. The van der Waals surface area contributed by atoms with Gasteiger partial charge < -0.3 is 19.3 Å². The molecule has 4 amide bonds. The summed E-state index contributed by atoms with van der Waals surface area (Å²) in [7, 11) is 11.9. The minimum absolute atomic E-state index is 0.0181. The SMILES string of the molecule is [B]C1C(=O)NC(=O)C(N2Cc3c(OCc4ccc(CN5CCOCC5=O)cc4)cccc3C2=O)C1[B]. The lowest BCUT2D eigenvalue weighted by Gasteiger charge is -2.38. The number of carbonyl (C=O) groups is 4. The first-order valence-electron chi connectivity index (χ1n) is 11.7. The molecule has 5 rings (SSSR count). The largest absolute Gasteiger partial charge is 0.489 e. The van der Waals surface area contributed by atoms with Gasteiger partial charge in [0.1, 0.15) is 25.0 Å². The van der Waals surface area contributed by atoms with Crippen molar-refractivity contribution in [3.8, 4) is 5.75 Å². The quantitative estimate of drug-likeness (QED) is 0.475. The highest BCUT2D eigenvalue weighted by atomic mass is 16.5. The lowest BCUT2D eigenvalue weighted by molar-refractivity contribution is -0.143. The van der Waals surface area contributed by atoms with Crippen molar-refractivity contribution in [1.82, 2.24) is 15.1 Å². The predicted octanol–water partition coefficient (Wildman–Crippen LogP) is 0.519. The molecule has 2 aromatic carbocycles. The number of rotatable bonds is 6. The van der Waals surface area contributed by atoms with Gasteiger partial charge in [-0.05, 0) is 34.9 Å². The Morgan fingerprint density at radius 2 is 1.75 bits per heavy atom. The summed E-state index contributed by atoms with van der Waals surface area (Å²) in [4.78, 5) is 52.4. The van der Waals surface area contributed by atoms with E-state index in [-0.39, 0.29) is 31.6 Å². The van der Waals surface area contributed by atoms with Gasteiger partial charge in [-0.3, -0.25) is 24.5 Å². The summed E-state index contributed by atoms with van der Waals surface area (Å²) < 4.78 is 11.2. The van der Waals surface area contributed by atoms with Crippen LogP contribution in [0.4, 0.5) is 0 Å². The van der Waals surface area contributed by atoms with Gasteiger partial charge >= 0.3 is 0 Å². The number of imide groups is 1. The summed E-state index contributed by atoms with van der Waals surface area (Å²) >= 11 is 0. The average molecular weight is 483 g/mol. The first-order chi connectivity index (χ1) is 17.3. The molecular weight excluding hydrogens is 460 g/mol. The Kier molecular flexibility index (Phi) is 6.57. The van der Waals surface area contributed by atoms with Gasteiger partial charge in [0.15, 0.2) is 0 Å². The second kappa shape index (κ2) is 9.81. The zero-order valence-corrected chi connectivity index (χ0v) is 19.5. The highest BCUT2D eigenvalue weighted by Crippen LogP contribution is 2.38. The van der Waals surface area contributed by atoms with Crippen LogP contribution < -0.4 is 10.1 Å². The maximum Gasteiger partial charge on any atom is 0.255 e. The molecule has 180 valence electrons. The van der Waals surface area contributed by atoms with Crippen molar-refractivity contribution in [3.63, 3.8) is 0 Å². The van der Waals surface area contributed by atoms with E-state index in [2.05, 4.69) is 5.32 Å². The van der Waals surface area contributed by atoms with Crippen molar-refractivity contribution < 1.29 is 28.7 Å². The summed E-state index contributed by atoms with van der Waals surface area (Å²) in [6.45, 7) is 2.15. The summed E-state index contributed by atoms with van der Waals surface area (Å²) in [5.41, 5.74) is 3.00. The van der Waals surface area contributed by atoms with Crippen LogP contribution in [-0.2, 0) is 38.8 Å². The van der Waals surface area contributed by atoms with E-state index >= 15 is 0 Å². The summed E-state index contributed by atoms with van der Waals surface area (Å²) in [5, 5.41) is 2.19. The van der Waals surface area contributed by atoms with Crippen molar-refractivity contribution in [2.24, 2.45) is 0 Å². The topological polar surface area (TPSA) is 105 Å². The van der Waals surface area contributed by atoms with Gasteiger partial charge in [-0.1, -0.05) is 30.3 Å². The van der Waals surface area contributed by atoms with Crippen LogP contribution in [0.3, 0.4) is 0 Å². The molecule has 3 aliphatic rings. The molecule has 3 aliphatic heterocycles. The van der Waals surface area contributed by atoms with Gasteiger partial charge in [-0.25, -0.2) is 0 Å². The smallest absolute Gasteiger partial charge is 0.255 e. The Balaban J connectivity index is 1.26. The number of carbonyl (C=O) groups excluding carboxylic acids is 4. The van der Waals surface area contributed by atoms with Gasteiger partial charge in [-0.2, -0.15) is 0 Å². The molecule has 0 spiro atoms. The van der Waals surface area contributed by atoms with E-state index in [0.717, 1.165) is 11.1 Å². The molecule has 0 aromatic heterocycles. The maximum atomic E-state index is 13.1. The van der Waals surface area contributed by atoms with Crippen molar-refractivity contribution in [3.05, 3.63) is 64.7 Å². The Morgan fingerprint density at radius 1 is 1.00 bits per heavy atom. The third-order valence-electron chi connectivity index (χ3n) is 6.76. The van der Waals surface area contributed by atoms with Crippen LogP contribution in [0.25, 0.3) is 0 Å². The third kappa shape index (κ3) is 4.51. The Morgan fingerprint density at radius 3 is 2.50 bits per heavy atom. The molecule has 9 nitrogen and oxygen atoms in total. The van der Waals surface area contributed by atoms with E-state index in [0.29, 0.717) is 36.6 Å². The van der Waals surface area contributed by atoms with Crippen LogP contribution >= 0.6 is 0 Å². The number of hydrogen-bond acceptors (Lipinski definition) is 6. The Hall–Kier alpha value is -3.59. The van der Waals surface area contributed by atoms with E-state index in [1.807, 2.05) is 24.3 Å². The molecule has 2 saturated heterocycles. The zero-order valence-electron chi connectivity index (χ0n) is 19.5. The number of amides is 4. The van der Waals surface area contributed by atoms with Crippen LogP contribution in [0.2, 0.25) is 11.6 Å². The van der Waals surface area contributed by atoms with Crippen molar-refractivity contribution in [1.29, 1.82) is 0 Å². The second-order valence-electron chi connectivity index (χ2n) is 9.09. The number of hydrogen-bond donors (Lipinski definition) is 1. The fraction of sp³-hybridized carbons (Fsp3) is 0.360. The number of fused-ring (bicyclic) bond motifs is 1. The minimum atomic E-state index is -1.09. The summed E-state index contributed by atoms with van der Waals surface area (Å²) in [5.74, 6) is -3.26. The first kappa shape index (κ1) is 24.1. The van der Waals surface area contributed by atoms with E-state index < -0.39 is 29.5 Å². The van der Waals surface area contributed by atoms with Gasteiger partial charge in [0, 0.05) is 24.2 Å². The molecule has 0 saturated carbocycles. The van der Waals surface area contributed by atoms with E-state index in [9.17, 15) is 19.2 Å². The lowest BCUT2D eigenvalue weighted by Crippen LogP contribution is -2.57.